The summed E-state index contributed by atoms with van der Waals surface area (Å²) in [5, 5.41) is 17.2. The first-order chi connectivity index (χ1) is 16.0. The molecule has 0 saturated carbocycles. The summed E-state index contributed by atoms with van der Waals surface area (Å²) >= 11 is 0. The Hall–Kier alpha value is -4.23. The number of rotatable bonds is 4. The van der Waals surface area contributed by atoms with Crippen LogP contribution in [-0.4, -0.2) is 31.8 Å². The van der Waals surface area contributed by atoms with E-state index in [9.17, 15) is 9.59 Å². The standard InChI is InChI=1S/C23H20N6O4/c1-14-10-15(12-24)13-25-20(14)22(30)26-16-5-6-18-17(11-16)21(28-7-9-33-23(28)31)27-29(18)19-4-2-3-8-32-19/h5-7,9-11,13,19H,2-4,8H2,1H3,(H,26,30). The molecule has 1 aliphatic rings. The Morgan fingerprint density at radius 1 is 1.30 bits per heavy atom. The molecule has 33 heavy (non-hydrogen) atoms. The second kappa shape index (κ2) is 8.37. The van der Waals surface area contributed by atoms with Crippen molar-refractivity contribution in [3.63, 3.8) is 0 Å². The van der Waals surface area contributed by atoms with Gasteiger partial charge in [0, 0.05) is 23.9 Å². The highest BCUT2D eigenvalue weighted by molar-refractivity contribution is 6.05. The molecule has 4 aromatic rings. The van der Waals surface area contributed by atoms with E-state index in [0.29, 0.717) is 34.6 Å². The van der Waals surface area contributed by atoms with Gasteiger partial charge in [-0.25, -0.2) is 19.0 Å². The number of amides is 1. The van der Waals surface area contributed by atoms with E-state index >= 15 is 0 Å². The zero-order valence-electron chi connectivity index (χ0n) is 17.8. The number of aromatic nitrogens is 4. The molecule has 4 heterocycles. The fourth-order valence-corrected chi connectivity index (χ4v) is 4.00. The quantitative estimate of drug-likeness (QED) is 0.511. The monoisotopic (exact) mass is 444 g/mol. The van der Waals surface area contributed by atoms with Gasteiger partial charge in [-0.15, -0.1) is 0 Å². The molecule has 166 valence electrons. The molecule has 10 heteroatoms. The number of ether oxygens (including phenoxy) is 1. The second-order valence-corrected chi connectivity index (χ2v) is 7.82. The summed E-state index contributed by atoms with van der Waals surface area (Å²) in [5.74, 6) is -0.568. The topological polar surface area (TPSA) is 128 Å². The van der Waals surface area contributed by atoms with E-state index in [1.807, 2.05) is 12.1 Å². The van der Waals surface area contributed by atoms with Crippen molar-refractivity contribution in [3.8, 4) is 11.9 Å². The lowest BCUT2D eigenvalue weighted by atomic mass is 10.1. The lowest BCUT2D eigenvalue weighted by Gasteiger charge is -2.23. The molecule has 1 amide bonds. The number of anilines is 1. The van der Waals surface area contributed by atoms with E-state index in [2.05, 4.69) is 15.4 Å². The number of oxazole rings is 1. The number of nitrogens with one attached hydrogen (secondary N) is 1. The molecule has 1 aliphatic heterocycles. The Balaban J connectivity index is 1.55. The van der Waals surface area contributed by atoms with Crippen molar-refractivity contribution in [1.82, 2.24) is 19.3 Å². The zero-order chi connectivity index (χ0) is 22.9. The minimum atomic E-state index is -0.557. The van der Waals surface area contributed by atoms with E-state index in [1.165, 1.54) is 23.2 Å². The van der Waals surface area contributed by atoms with Crippen LogP contribution in [0.25, 0.3) is 16.7 Å². The van der Waals surface area contributed by atoms with E-state index in [4.69, 9.17) is 14.4 Å². The summed E-state index contributed by atoms with van der Waals surface area (Å²) in [6, 6.07) is 8.98. The molecule has 1 aromatic carbocycles. The van der Waals surface area contributed by atoms with Gasteiger partial charge in [-0.1, -0.05) is 0 Å². The largest absolute Gasteiger partial charge is 0.424 e. The van der Waals surface area contributed by atoms with Crippen LogP contribution in [-0.2, 0) is 4.74 Å². The number of benzene rings is 1. The minimum Gasteiger partial charge on any atom is -0.416 e. The first-order valence-corrected chi connectivity index (χ1v) is 10.5. The maximum Gasteiger partial charge on any atom is 0.424 e. The molecule has 10 nitrogen and oxygen atoms in total. The highest BCUT2D eigenvalue weighted by Crippen LogP contribution is 2.31. The summed E-state index contributed by atoms with van der Waals surface area (Å²) in [6.07, 6.45) is 6.78. The summed E-state index contributed by atoms with van der Waals surface area (Å²) < 4.78 is 13.9. The highest BCUT2D eigenvalue weighted by atomic mass is 16.5. The van der Waals surface area contributed by atoms with Crippen molar-refractivity contribution in [3.05, 3.63) is 70.3 Å². The number of pyridine rings is 1. The van der Waals surface area contributed by atoms with Gasteiger partial charge >= 0.3 is 5.76 Å². The van der Waals surface area contributed by atoms with Crippen LogP contribution >= 0.6 is 0 Å². The summed E-state index contributed by atoms with van der Waals surface area (Å²) in [5.41, 5.74) is 2.50. The molecular weight excluding hydrogens is 424 g/mol. The third-order valence-electron chi connectivity index (χ3n) is 5.60. The van der Waals surface area contributed by atoms with Crippen LogP contribution in [0, 0.1) is 18.3 Å². The van der Waals surface area contributed by atoms with E-state index < -0.39 is 11.7 Å². The summed E-state index contributed by atoms with van der Waals surface area (Å²) in [4.78, 5) is 29.1. The number of nitriles is 1. The van der Waals surface area contributed by atoms with Crippen molar-refractivity contribution >= 4 is 22.5 Å². The van der Waals surface area contributed by atoms with Gasteiger partial charge in [0.05, 0.1) is 17.3 Å². The summed E-state index contributed by atoms with van der Waals surface area (Å²) in [7, 11) is 0. The van der Waals surface area contributed by atoms with Crippen LogP contribution in [0.3, 0.4) is 0 Å². The Bertz CT molecular complexity index is 1450. The lowest BCUT2D eigenvalue weighted by Crippen LogP contribution is -2.20. The van der Waals surface area contributed by atoms with Crippen molar-refractivity contribution in [2.45, 2.75) is 32.4 Å². The fourth-order valence-electron chi connectivity index (χ4n) is 4.00. The molecule has 1 atom stereocenters. The molecule has 1 saturated heterocycles. The molecule has 5 rings (SSSR count). The van der Waals surface area contributed by atoms with Gasteiger partial charge in [0.2, 0.25) is 0 Å². The van der Waals surface area contributed by atoms with Gasteiger partial charge in [-0.2, -0.15) is 10.4 Å². The zero-order valence-corrected chi connectivity index (χ0v) is 17.8. The first kappa shape index (κ1) is 20.7. The lowest BCUT2D eigenvalue weighted by molar-refractivity contribution is -0.0366. The van der Waals surface area contributed by atoms with Crippen molar-refractivity contribution in [2.24, 2.45) is 0 Å². The van der Waals surface area contributed by atoms with Crippen LogP contribution in [0.2, 0.25) is 0 Å². The fraction of sp³-hybridized carbons (Fsp3) is 0.261. The van der Waals surface area contributed by atoms with Gasteiger partial charge in [0.15, 0.2) is 12.0 Å². The predicted molar refractivity (Wildman–Crippen MR) is 118 cm³/mol. The molecule has 3 aromatic heterocycles. The molecule has 0 spiro atoms. The average Bonchev–Trinajstić information content (AvgIpc) is 3.42. The molecule has 1 unspecified atom stereocenters. The van der Waals surface area contributed by atoms with E-state index in [1.54, 1.807) is 29.8 Å². The Kier molecular flexibility index (Phi) is 5.24. The van der Waals surface area contributed by atoms with Gasteiger partial charge in [0.25, 0.3) is 5.91 Å². The molecule has 0 bridgehead atoms. The Morgan fingerprint density at radius 2 is 2.18 bits per heavy atom. The minimum absolute atomic E-state index is 0.228. The smallest absolute Gasteiger partial charge is 0.416 e. The van der Waals surface area contributed by atoms with Crippen LogP contribution in [0.4, 0.5) is 5.69 Å². The molecule has 1 N–H and O–H groups in total. The Morgan fingerprint density at radius 3 is 2.88 bits per heavy atom. The van der Waals surface area contributed by atoms with Crippen LogP contribution < -0.4 is 11.1 Å². The number of carbonyl (C=O) groups is 1. The van der Waals surface area contributed by atoms with Gasteiger partial charge < -0.3 is 14.5 Å². The third kappa shape index (κ3) is 3.79. The maximum atomic E-state index is 12.8. The molecular formula is C23H20N6O4. The SMILES string of the molecule is Cc1cc(C#N)cnc1C(=O)Nc1ccc2c(c1)c(-n1ccoc1=O)nn2C1CCCCO1. The van der Waals surface area contributed by atoms with Crippen molar-refractivity contribution in [2.75, 3.05) is 11.9 Å². The predicted octanol–water partition coefficient (Wildman–Crippen LogP) is 3.31. The van der Waals surface area contributed by atoms with Gasteiger partial charge in [0.1, 0.15) is 18.0 Å². The number of fused-ring (bicyclic) bond motifs is 1. The summed E-state index contributed by atoms with van der Waals surface area (Å²) in [6.45, 7) is 2.38. The van der Waals surface area contributed by atoms with Gasteiger partial charge in [-0.05, 0) is 56.0 Å². The number of carbonyl (C=O) groups excluding carboxylic acids is 1. The van der Waals surface area contributed by atoms with E-state index in [0.717, 1.165) is 24.8 Å². The number of aryl methyl sites for hydroxylation is 1. The average molecular weight is 444 g/mol. The second-order valence-electron chi connectivity index (χ2n) is 7.82. The third-order valence-corrected chi connectivity index (χ3v) is 5.60. The number of nitrogens with zero attached hydrogens (tertiary/aromatic N) is 5. The van der Waals surface area contributed by atoms with Crippen molar-refractivity contribution < 1.29 is 13.9 Å². The van der Waals surface area contributed by atoms with Crippen LogP contribution in [0.1, 0.15) is 47.1 Å². The molecule has 0 radical (unpaired) electrons. The van der Waals surface area contributed by atoms with Crippen molar-refractivity contribution in [1.29, 1.82) is 5.26 Å². The Labute approximate surface area is 188 Å². The maximum absolute atomic E-state index is 12.8. The molecule has 1 fully saturated rings. The van der Waals surface area contributed by atoms with Crippen LogP contribution in [0.15, 0.2) is 52.1 Å². The van der Waals surface area contributed by atoms with E-state index in [-0.39, 0.29) is 11.9 Å². The van der Waals surface area contributed by atoms with Crippen LogP contribution in [0.5, 0.6) is 0 Å². The number of hydrogen-bond donors (Lipinski definition) is 1. The van der Waals surface area contributed by atoms with Gasteiger partial charge in [-0.3, -0.25) is 4.79 Å². The number of hydrogen-bond acceptors (Lipinski definition) is 7. The normalized spacial score (nSPS) is 15.9. The molecule has 0 aliphatic carbocycles. The first-order valence-electron chi connectivity index (χ1n) is 10.5. The highest BCUT2D eigenvalue weighted by Gasteiger charge is 2.23.